The second kappa shape index (κ2) is 7.38. The first-order valence-electron chi connectivity index (χ1n) is 8.04. The number of hydrogen-bond acceptors (Lipinski definition) is 4. The fraction of sp³-hybridized carbons (Fsp3) is 0.588. The largest absolute Gasteiger partial charge is 0.493 e. The van der Waals surface area contributed by atoms with Gasteiger partial charge in [-0.2, -0.15) is 17.6 Å². The Morgan fingerprint density at radius 2 is 1.96 bits per heavy atom. The van der Waals surface area contributed by atoms with Gasteiger partial charge in [0.15, 0.2) is 23.3 Å². The minimum atomic E-state index is -4.76. The first kappa shape index (κ1) is 20.4. The van der Waals surface area contributed by atoms with Crippen LogP contribution in [0.25, 0.3) is 0 Å². The molecule has 1 aliphatic heterocycles. The topological polar surface area (TPSA) is 44.8 Å². The molecule has 0 radical (unpaired) electrons. The maximum atomic E-state index is 14.0. The molecule has 1 saturated heterocycles. The van der Waals surface area contributed by atoms with Gasteiger partial charge in [-0.15, -0.1) is 0 Å². The van der Waals surface area contributed by atoms with Crippen molar-refractivity contribution >= 4 is 5.97 Å². The lowest BCUT2D eigenvalue weighted by Crippen LogP contribution is -2.45. The smallest absolute Gasteiger partial charge is 0.417 e. The lowest BCUT2D eigenvalue weighted by molar-refractivity contribution is -0.272. The number of benzene rings is 1. The van der Waals surface area contributed by atoms with Gasteiger partial charge in [-0.05, 0) is 25.8 Å². The van der Waals surface area contributed by atoms with E-state index in [4.69, 9.17) is 14.2 Å². The predicted octanol–water partition coefficient (Wildman–Crippen LogP) is 4.12. The highest BCUT2D eigenvalue weighted by Crippen LogP contribution is 2.53. The van der Waals surface area contributed by atoms with Crippen LogP contribution in [0.3, 0.4) is 0 Å². The van der Waals surface area contributed by atoms with Crippen molar-refractivity contribution in [3.63, 3.8) is 0 Å². The second-order valence-electron chi connectivity index (χ2n) is 5.93. The lowest BCUT2D eigenvalue weighted by atomic mass is 9.84. The van der Waals surface area contributed by atoms with E-state index in [9.17, 15) is 26.7 Å². The van der Waals surface area contributed by atoms with Crippen molar-refractivity contribution in [2.45, 2.75) is 50.5 Å². The summed E-state index contributed by atoms with van der Waals surface area (Å²) in [6.45, 7) is 2.71. The third kappa shape index (κ3) is 3.36. The third-order valence-corrected chi connectivity index (χ3v) is 4.56. The Bertz CT molecular complexity index is 676. The normalized spacial score (nSPS) is 26.0. The van der Waals surface area contributed by atoms with Crippen LogP contribution in [0.15, 0.2) is 12.1 Å². The van der Waals surface area contributed by atoms with Gasteiger partial charge in [-0.25, -0.2) is 9.18 Å². The number of rotatable bonds is 5. The van der Waals surface area contributed by atoms with Crippen LogP contribution in [0.4, 0.5) is 22.0 Å². The zero-order valence-corrected chi connectivity index (χ0v) is 14.5. The molecule has 0 N–H and O–H groups in total. The molecule has 26 heavy (non-hydrogen) atoms. The van der Waals surface area contributed by atoms with Crippen molar-refractivity contribution < 1.29 is 41.0 Å². The van der Waals surface area contributed by atoms with Crippen molar-refractivity contribution in [1.82, 2.24) is 0 Å². The van der Waals surface area contributed by atoms with Gasteiger partial charge in [0, 0.05) is 11.5 Å². The molecule has 0 amide bonds. The van der Waals surface area contributed by atoms with E-state index in [0.29, 0.717) is 0 Å². The molecule has 1 aromatic carbocycles. The summed E-state index contributed by atoms with van der Waals surface area (Å²) in [5.41, 5.74) is -2.67. The Balaban J connectivity index is 2.57. The number of hydrogen-bond donors (Lipinski definition) is 0. The van der Waals surface area contributed by atoms with Crippen molar-refractivity contribution in [2.75, 3.05) is 13.7 Å². The Labute approximate surface area is 147 Å². The van der Waals surface area contributed by atoms with E-state index in [1.807, 2.05) is 0 Å². The fourth-order valence-corrected chi connectivity index (χ4v) is 3.20. The summed E-state index contributed by atoms with van der Waals surface area (Å²) < 4.78 is 83.1. The number of ether oxygens (including phenoxy) is 3. The molecule has 3 unspecified atom stereocenters. The SMILES string of the molecule is CCOC(=O)C1OC(CC)(C(F)(F)F)CC1c1ccc(F)c(F)c1OC. The number of esters is 1. The van der Waals surface area contributed by atoms with Gasteiger partial charge in [0.2, 0.25) is 5.82 Å². The predicted molar refractivity (Wildman–Crippen MR) is 80.9 cm³/mol. The molecule has 2 rings (SSSR count). The second-order valence-corrected chi connectivity index (χ2v) is 5.93. The van der Waals surface area contributed by atoms with Crippen LogP contribution in [-0.2, 0) is 14.3 Å². The van der Waals surface area contributed by atoms with Crippen LogP contribution in [-0.4, -0.2) is 37.6 Å². The average molecular weight is 382 g/mol. The molecule has 3 atom stereocenters. The lowest BCUT2D eigenvalue weighted by Gasteiger charge is -2.30. The molecule has 1 aliphatic rings. The minimum absolute atomic E-state index is 0.0640. The Hall–Kier alpha value is -1.90. The van der Waals surface area contributed by atoms with Gasteiger partial charge in [-0.1, -0.05) is 13.0 Å². The third-order valence-electron chi connectivity index (χ3n) is 4.56. The Morgan fingerprint density at radius 3 is 2.46 bits per heavy atom. The van der Waals surface area contributed by atoms with Crippen LogP contribution in [0.2, 0.25) is 0 Å². The molecule has 0 saturated carbocycles. The molecule has 0 spiro atoms. The van der Waals surface area contributed by atoms with Gasteiger partial charge in [0.05, 0.1) is 13.7 Å². The maximum absolute atomic E-state index is 14.0. The molecule has 1 fully saturated rings. The zero-order chi connectivity index (χ0) is 19.7. The number of alkyl halides is 3. The number of halogens is 5. The molecule has 9 heteroatoms. The first-order chi connectivity index (χ1) is 12.1. The highest BCUT2D eigenvalue weighted by atomic mass is 19.4. The standard InChI is InChI=1S/C17H19F5O4/c1-4-16(17(20,21)22)8-10(14(26-16)15(23)25-5-2)9-6-7-11(18)12(19)13(9)24-3/h6-7,10,14H,4-5,8H2,1-3H3. The molecule has 4 nitrogen and oxygen atoms in total. The number of carbonyl (C=O) groups excluding carboxylic acids is 1. The quantitative estimate of drug-likeness (QED) is 0.568. The highest BCUT2D eigenvalue weighted by Gasteiger charge is 2.63. The molecular weight excluding hydrogens is 363 g/mol. The Morgan fingerprint density at radius 1 is 1.31 bits per heavy atom. The van der Waals surface area contributed by atoms with Gasteiger partial charge < -0.3 is 14.2 Å². The van der Waals surface area contributed by atoms with E-state index >= 15 is 0 Å². The summed E-state index contributed by atoms with van der Waals surface area (Å²) in [7, 11) is 1.06. The Kier molecular flexibility index (Phi) is 5.79. The van der Waals surface area contributed by atoms with Crippen LogP contribution in [0, 0.1) is 11.6 Å². The van der Waals surface area contributed by atoms with E-state index in [0.717, 1.165) is 19.2 Å². The summed E-state index contributed by atoms with van der Waals surface area (Å²) in [4.78, 5) is 12.2. The van der Waals surface area contributed by atoms with Crippen molar-refractivity contribution in [2.24, 2.45) is 0 Å². The fourth-order valence-electron chi connectivity index (χ4n) is 3.20. The van der Waals surface area contributed by atoms with Crippen molar-refractivity contribution in [3.8, 4) is 5.75 Å². The molecular formula is C17H19F5O4. The van der Waals surface area contributed by atoms with Crippen LogP contribution in [0.1, 0.15) is 38.2 Å². The maximum Gasteiger partial charge on any atom is 0.417 e. The monoisotopic (exact) mass is 382 g/mol. The molecule has 0 aliphatic carbocycles. The first-order valence-corrected chi connectivity index (χ1v) is 8.04. The van der Waals surface area contributed by atoms with E-state index in [1.54, 1.807) is 0 Å². The summed E-state index contributed by atoms with van der Waals surface area (Å²) >= 11 is 0. The average Bonchev–Trinajstić information content (AvgIpc) is 2.98. The number of methoxy groups -OCH3 is 1. The van der Waals surface area contributed by atoms with Gasteiger partial charge in [0.1, 0.15) is 0 Å². The van der Waals surface area contributed by atoms with Crippen molar-refractivity contribution in [3.05, 3.63) is 29.3 Å². The molecule has 1 heterocycles. The summed E-state index contributed by atoms with van der Waals surface area (Å²) in [5, 5.41) is 0. The molecule has 0 aromatic heterocycles. The minimum Gasteiger partial charge on any atom is -0.493 e. The van der Waals surface area contributed by atoms with Crippen LogP contribution in [0.5, 0.6) is 5.75 Å². The van der Waals surface area contributed by atoms with E-state index < -0.39 is 60.0 Å². The number of carbonyl (C=O) groups is 1. The summed E-state index contributed by atoms with van der Waals surface area (Å²) in [5.74, 6) is -5.31. The zero-order valence-electron chi connectivity index (χ0n) is 14.5. The molecule has 1 aromatic rings. The van der Waals surface area contributed by atoms with E-state index in [1.165, 1.54) is 13.8 Å². The van der Waals surface area contributed by atoms with Gasteiger partial charge in [-0.3, -0.25) is 0 Å². The highest BCUT2D eigenvalue weighted by molar-refractivity contribution is 5.77. The summed E-state index contributed by atoms with van der Waals surface area (Å²) in [6.07, 6.45) is -7.46. The molecule has 0 bridgehead atoms. The van der Waals surface area contributed by atoms with Gasteiger partial charge >= 0.3 is 12.1 Å². The van der Waals surface area contributed by atoms with Crippen LogP contribution < -0.4 is 4.74 Å². The van der Waals surface area contributed by atoms with E-state index in [2.05, 4.69) is 0 Å². The van der Waals surface area contributed by atoms with Crippen molar-refractivity contribution in [1.29, 1.82) is 0 Å². The van der Waals surface area contributed by atoms with E-state index in [-0.39, 0.29) is 12.2 Å². The van der Waals surface area contributed by atoms with Gasteiger partial charge in [0.25, 0.3) is 0 Å². The molecule has 146 valence electrons. The van der Waals surface area contributed by atoms with Crippen LogP contribution >= 0.6 is 0 Å². The summed E-state index contributed by atoms with van der Waals surface area (Å²) in [6, 6.07) is 1.87.